The fourth-order valence-electron chi connectivity index (χ4n) is 3.47. The van der Waals surface area contributed by atoms with Gasteiger partial charge in [0.2, 0.25) is 0 Å². The van der Waals surface area contributed by atoms with Crippen LogP contribution >= 0.6 is 0 Å². The summed E-state index contributed by atoms with van der Waals surface area (Å²) in [6.45, 7) is 2.24. The van der Waals surface area contributed by atoms with Crippen LogP contribution < -0.4 is 5.32 Å². The molecule has 2 N–H and O–H groups in total. The van der Waals surface area contributed by atoms with E-state index in [-0.39, 0.29) is 11.7 Å². The lowest BCUT2D eigenvalue weighted by Gasteiger charge is -2.17. The van der Waals surface area contributed by atoms with E-state index in [1.807, 2.05) is 6.08 Å². The van der Waals surface area contributed by atoms with Gasteiger partial charge in [-0.05, 0) is 61.1 Å². The molecule has 1 unspecified atom stereocenters. The minimum atomic E-state index is -0.343. The Labute approximate surface area is 128 Å². The second kappa shape index (κ2) is 4.83. The molecule has 1 amide bonds. The van der Waals surface area contributed by atoms with Gasteiger partial charge >= 0.3 is 0 Å². The smallest absolute Gasteiger partial charge is 0.256 e. The Morgan fingerprint density at radius 3 is 3.00 bits per heavy atom. The number of anilines is 1. The number of hydrogen-bond acceptors (Lipinski definition) is 1. The summed E-state index contributed by atoms with van der Waals surface area (Å²) in [5.41, 5.74) is 5.47. The summed E-state index contributed by atoms with van der Waals surface area (Å²) in [5.74, 6) is 0.0385. The summed E-state index contributed by atoms with van der Waals surface area (Å²) in [6.07, 6.45) is 5.34. The molecule has 4 heteroatoms. The number of nitrogens with one attached hydrogen (secondary N) is 2. The lowest BCUT2D eigenvalue weighted by molar-refractivity contribution is -0.110. The molecule has 2 aromatic rings. The maximum Gasteiger partial charge on any atom is 0.256 e. The molecule has 1 aliphatic heterocycles. The predicted octanol–water partition coefficient (Wildman–Crippen LogP) is 4.09. The van der Waals surface area contributed by atoms with E-state index in [9.17, 15) is 9.18 Å². The summed E-state index contributed by atoms with van der Waals surface area (Å²) in [5, 5.41) is 2.72. The van der Waals surface area contributed by atoms with E-state index < -0.39 is 0 Å². The average Bonchev–Trinajstić information content (AvgIpc) is 3.02. The van der Waals surface area contributed by atoms with Crippen LogP contribution in [0.1, 0.15) is 48.2 Å². The van der Waals surface area contributed by atoms with Crippen LogP contribution in [-0.4, -0.2) is 10.9 Å². The quantitative estimate of drug-likeness (QED) is 0.765. The standard InChI is InChI=1S/C18H17FN2O/c1-10-3-2-4-16-14(10)8-12(20-16)9-15-13-6-5-11(19)7-17(13)21-18(15)22/h5-10,20H,2-4H2,1H3,(H,21,22). The zero-order valence-corrected chi connectivity index (χ0v) is 12.4. The molecule has 1 aliphatic carbocycles. The van der Waals surface area contributed by atoms with Crippen LogP contribution in [0.4, 0.5) is 10.1 Å². The summed E-state index contributed by atoms with van der Waals surface area (Å²) in [6, 6.07) is 6.53. The van der Waals surface area contributed by atoms with Gasteiger partial charge in [0.15, 0.2) is 0 Å². The molecule has 0 fully saturated rings. The van der Waals surface area contributed by atoms with Gasteiger partial charge in [-0.1, -0.05) is 6.92 Å². The van der Waals surface area contributed by atoms with Crippen LogP contribution in [0.5, 0.6) is 0 Å². The van der Waals surface area contributed by atoms with Crippen LogP contribution in [-0.2, 0) is 11.2 Å². The van der Waals surface area contributed by atoms with Gasteiger partial charge in [0, 0.05) is 17.0 Å². The minimum Gasteiger partial charge on any atom is -0.359 e. The molecule has 1 aromatic heterocycles. The number of aromatic nitrogens is 1. The van der Waals surface area contributed by atoms with Gasteiger partial charge in [-0.2, -0.15) is 0 Å². The van der Waals surface area contributed by atoms with E-state index in [0.29, 0.717) is 17.2 Å². The molecule has 4 rings (SSSR count). The van der Waals surface area contributed by atoms with Crippen LogP contribution in [0.3, 0.4) is 0 Å². The SMILES string of the molecule is CC1CCCc2[nH]c(C=C3C(=O)Nc4cc(F)ccc43)cc21. The van der Waals surface area contributed by atoms with Gasteiger partial charge < -0.3 is 10.3 Å². The van der Waals surface area contributed by atoms with Gasteiger partial charge in [0.1, 0.15) is 5.82 Å². The van der Waals surface area contributed by atoms with Crippen LogP contribution in [0.25, 0.3) is 11.6 Å². The van der Waals surface area contributed by atoms with Crippen molar-refractivity contribution in [2.24, 2.45) is 0 Å². The Morgan fingerprint density at radius 2 is 2.18 bits per heavy atom. The van der Waals surface area contributed by atoms with E-state index >= 15 is 0 Å². The molecule has 1 aromatic carbocycles. The summed E-state index contributed by atoms with van der Waals surface area (Å²) < 4.78 is 13.3. The second-order valence-corrected chi connectivity index (χ2v) is 6.15. The van der Waals surface area contributed by atoms with Crippen molar-refractivity contribution in [1.82, 2.24) is 4.98 Å². The highest BCUT2D eigenvalue weighted by atomic mass is 19.1. The van der Waals surface area contributed by atoms with Crippen molar-refractivity contribution in [1.29, 1.82) is 0 Å². The molecular formula is C18H17FN2O. The zero-order valence-electron chi connectivity index (χ0n) is 12.4. The number of fused-ring (bicyclic) bond motifs is 2. The first-order chi connectivity index (χ1) is 10.6. The Bertz CT molecular complexity index is 803. The van der Waals surface area contributed by atoms with Crippen molar-refractivity contribution in [2.45, 2.75) is 32.1 Å². The van der Waals surface area contributed by atoms with Crippen LogP contribution in [0.15, 0.2) is 24.3 Å². The highest BCUT2D eigenvalue weighted by Gasteiger charge is 2.25. The molecule has 0 spiro atoms. The molecule has 1 atom stereocenters. The summed E-state index contributed by atoms with van der Waals surface area (Å²) >= 11 is 0. The monoisotopic (exact) mass is 296 g/mol. The number of benzene rings is 1. The number of aryl methyl sites for hydroxylation is 1. The van der Waals surface area contributed by atoms with Crippen molar-refractivity contribution >= 4 is 23.2 Å². The lowest BCUT2D eigenvalue weighted by atomic mass is 9.88. The number of aromatic amines is 1. The van der Waals surface area contributed by atoms with Crippen LogP contribution in [0, 0.1) is 5.82 Å². The summed E-state index contributed by atoms with van der Waals surface area (Å²) in [4.78, 5) is 15.6. The number of hydrogen-bond donors (Lipinski definition) is 2. The third-order valence-corrected chi connectivity index (χ3v) is 4.61. The Balaban J connectivity index is 1.76. The van der Waals surface area contributed by atoms with Gasteiger partial charge in [0.25, 0.3) is 5.91 Å². The molecule has 2 heterocycles. The van der Waals surface area contributed by atoms with E-state index in [1.165, 1.54) is 36.2 Å². The van der Waals surface area contributed by atoms with Crippen LogP contribution in [0.2, 0.25) is 0 Å². The topological polar surface area (TPSA) is 44.9 Å². The first-order valence-corrected chi connectivity index (χ1v) is 7.66. The zero-order chi connectivity index (χ0) is 15.3. The maximum atomic E-state index is 13.3. The Hall–Kier alpha value is -2.36. The predicted molar refractivity (Wildman–Crippen MR) is 85.0 cm³/mol. The van der Waals surface area contributed by atoms with Gasteiger partial charge in [0.05, 0.1) is 11.3 Å². The molecule has 0 saturated heterocycles. The normalized spacial score (nSPS) is 21.6. The molecule has 2 aliphatic rings. The van der Waals surface area contributed by atoms with Gasteiger partial charge in [-0.15, -0.1) is 0 Å². The fourth-order valence-corrected chi connectivity index (χ4v) is 3.47. The Morgan fingerprint density at radius 1 is 1.32 bits per heavy atom. The largest absolute Gasteiger partial charge is 0.359 e. The Kier molecular flexibility index (Phi) is 2.93. The van der Waals surface area contributed by atoms with E-state index in [1.54, 1.807) is 6.07 Å². The number of carbonyl (C=O) groups excluding carboxylic acids is 1. The number of halogens is 1. The van der Waals surface area contributed by atoms with E-state index in [0.717, 1.165) is 17.7 Å². The van der Waals surface area contributed by atoms with Crippen molar-refractivity contribution < 1.29 is 9.18 Å². The second-order valence-electron chi connectivity index (χ2n) is 6.15. The van der Waals surface area contributed by atoms with Gasteiger partial charge in [-0.25, -0.2) is 4.39 Å². The van der Waals surface area contributed by atoms with E-state index in [2.05, 4.69) is 23.3 Å². The third-order valence-electron chi connectivity index (χ3n) is 4.61. The van der Waals surface area contributed by atoms with Gasteiger partial charge in [-0.3, -0.25) is 4.79 Å². The van der Waals surface area contributed by atoms with Crippen molar-refractivity contribution in [2.75, 3.05) is 5.32 Å². The molecular weight excluding hydrogens is 279 g/mol. The number of amides is 1. The highest BCUT2D eigenvalue weighted by molar-refractivity contribution is 6.34. The molecule has 0 bridgehead atoms. The minimum absolute atomic E-state index is 0.179. The number of rotatable bonds is 1. The fraction of sp³-hybridized carbons (Fsp3) is 0.278. The molecule has 112 valence electrons. The molecule has 22 heavy (non-hydrogen) atoms. The molecule has 3 nitrogen and oxygen atoms in total. The molecule has 0 saturated carbocycles. The number of H-pyrrole nitrogens is 1. The third kappa shape index (κ3) is 2.06. The first kappa shape index (κ1) is 13.3. The first-order valence-electron chi connectivity index (χ1n) is 7.66. The van der Waals surface area contributed by atoms with Crippen molar-refractivity contribution in [3.05, 3.63) is 52.6 Å². The average molecular weight is 296 g/mol. The van der Waals surface area contributed by atoms with Crippen molar-refractivity contribution in [3.8, 4) is 0 Å². The van der Waals surface area contributed by atoms with E-state index in [4.69, 9.17) is 0 Å². The maximum absolute atomic E-state index is 13.3. The van der Waals surface area contributed by atoms with Crippen molar-refractivity contribution in [3.63, 3.8) is 0 Å². The number of carbonyl (C=O) groups is 1. The molecule has 0 radical (unpaired) electrons. The highest BCUT2D eigenvalue weighted by Crippen LogP contribution is 2.35. The lowest BCUT2D eigenvalue weighted by Crippen LogP contribution is -2.04. The summed E-state index contributed by atoms with van der Waals surface area (Å²) in [7, 11) is 0.